The van der Waals surface area contributed by atoms with E-state index in [4.69, 9.17) is 0 Å². The van der Waals surface area contributed by atoms with Crippen LogP contribution in [0.25, 0.3) is 0 Å². The van der Waals surface area contributed by atoms with Crippen LogP contribution in [0.4, 0.5) is 4.39 Å². The topological polar surface area (TPSA) is 20.2 Å². The molecule has 1 aliphatic carbocycles. The van der Waals surface area contributed by atoms with Crippen molar-refractivity contribution in [1.82, 2.24) is 0 Å². The van der Waals surface area contributed by atoms with Crippen LogP contribution in [0.2, 0.25) is 0 Å². The SMILES string of the molecule is Cc1ccc(C)c(C2(O)CCc3c(F)cccc32)c1. The van der Waals surface area contributed by atoms with Crippen LogP contribution in [-0.4, -0.2) is 5.11 Å². The van der Waals surface area contributed by atoms with Gasteiger partial charge in [0.1, 0.15) is 11.4 Å². The summed E-state index contributed by atoms with van der Waals surface area (Å²) in [6.45, 7) is 4.00. The van der Waals surface area contributed by atoms with E-state index < -0.39 is 5.60 Å². The lowest BCUT2D eigenvalue weighted by Gasteiger charge is -2.27. The molecule has 1 unspecified atom stereocenters. The molecule has 1 nitrogen and oxygen atoms in total. The fourth-order valence-electron chi connectivity index (χ4n) is 3.10. The van der Waals surface area contributed by atoms with E-state index in [0.717, 1.165) is 22.3 Å². The molecule has 1 N–H and O–H groups in total. The van der Waals surface area contributed by atoms with Crippen LogP contribution >= 0.6 is 0 Å². The second-order valence-corrected chi connectivity index (χ2v) is 5.44. The maximum Gasteiger partial charge on any atom is 0.126 e. The van der Waals surface area contributed by atoms with Gasteiger partial charge in [0, 0.05) is 0 Å². The first-order chi connectivity index (χ1) is 9.02. The minimum absolute atomic E-state index is 0.210. The number of rotatable bonds is 1. The highest BCUT2D eigenvalue weighted by Crippen LogP contribution is 2.44. The van der Waals surface area contributed by atoms with Crippen molar-refractivity contribution in [3.63, 3.8) is 0 Å². The van der Waals surface area contributed by atoms with Gasteiger partial charge in [0.15, 0.2) is 0 Å². The molecule has 1 atom stereocenters. The van der Waals surface area contributed by atoms with Crippen LogP contribution < -0.4 is 0 Å². The Balaban J connectivity index is 2.22. The van der Waals surface area contributed by atoms with Gasteiger partial charge in [-0.05, 0) is 55.0 Å². The zero-order valence-corrected chi connectivity index (χ0v) is 11.2. The molecule has 0 aromatic heterocycles. The molecule has 0 amide bonds. The predicted molar refractivity (Wildman–Crippen MR) is 73.6 cm³/mol. The van der Waals surface area contributed by atoms with Gasteiger partial charge < -0.3 is 5.11 Å². The summed E-state index contributed by atoms with van der Waals surface area (Å²) < 4.78 is 13.8. The van der Waals surface area contributed by atoms with Crippen molar-refractivity contribution in [3.05, 3.63) is 70.0 Å². The molecule has 0 spiro atoms. The summed E-state index contributed by atoms with van der Waals surface area (Å²) in [5.41, 5.74) is 3.39. The average molecular weight is 256 g/mol. The summed E-state index contributed by atoms with van der Waals surface area (Å²) in [5.74, 6) is -0.210. The molecule has 3 rings (SSSR count). The fraction of sp³-hybridized carbons (Fsp3) is 0.294. The molecule has 98 valence electrons. The molecule has 19 heavy (non-hydrogen) atoms. The van der Waals surface area contributed by atoms with Crippen molar-refractivity contribution in [2.75, 3.05) is 0 Å². The van der Waals surface area contributed by atoms with Crippen molar-refractivity contribution >= 4 is 0 Å². The van der Waals surface area contributed by atoms with Gasteiger partial charge in [0.25, 0.3) is 0 Å². The second-order valence-electron chi connectivity index (χ2n) is 5.44. The Labute approximate surface area is 112 Å². The van der Waals surface area contributed by atoms with Crippen molar-refractivity contribution in [3.8, 4) is 0 Å². The van der Waals surface area contributed by atoms with Gasteiger partial charge in [-0.2, -0.15) is 0 Å². The van der Waals surface area contributed by atoms with Gasteiger partial charge >= 0.3 is 0 Å². The smallest absolute Gasteiger partial charge is 0.126 e. The van der Waals surface area contributed by atoms with E-state index in [1.165, 1.54) is 6.07 Å². The highest BCUT2D eigenvalue weighted by Gasteiger charge is 2.40. The Hall–Kier alpha value is -1.67. The maximum absolute atomic E-state index is 13.8. The van der Waals surface area contributed by atoms with E-state index in [9.17, 15) is 9.50 Å². The van der Waals surface area contributed by atoms with Crippen LogP contribution in [0.3, 0.4) is 0 Å². The van der Waals surface area contributed by atoms with Crippen molar-refractivity contribution < 1.29 is 9.50 Å². The van der Waals surface area contributed by atoms with E-state index in [-0.39, 0.29) is 5.82 Å². The number of fused-ring (bicyclic) bond motifs is 1. The largest absolute Gasteiger partial charge is 0.380 e. The van der Waals surface area contributed by atoms with Gasteiger partial charge in [0.05, 0.1) is 0 Å². The summed E-state index contributed by atoms with van der Waals surface area (Å²) in [6, 6.07) is 11.0. The van der Waals surface area contributed by atoms with Crippen LogP contribution in [0.15, 0.2) is 36.4 Å². The zero-order chi connectivity index (χ0) is 13.6. The summed E-state index contributed by atoms with van der Waals surface area (Å²) in [6.07, 6.45) is 1.14. The quantitative estimate of drug-likeness (QED) is 0.826. The van der Waals surface area contributed by atoms with Crippen LogP contribution in [0.1, 0.15) is 34.2 Å². The third kappa shape index (κ3) is 1.79. The molecule has 0 saturated carbocycles. The van der Waals surface area contributed by atoms with Gasteiger partial charge in [-0.3, -0.25) is 0 Å². The monoisotopic (exact) mass is 256 g/mol. The number of benzene rings is 2. The van der Waals surface area contributed by atoms with Crippen molar-refractivity contribution in [2.24, 2.45) is 0 Å². The molecule has 0 bridgehead atoms. The molecule has 1 aliphatic rings. The molecular formula is C17H17FO. The van der Waals surface area contributed by atoms with E-state index in [0.29, 0.717) is 18.4 Å². The first-order valence-electron chi connectivity index (χ1n) is 6.60. The Morgan fingerprint density at radius 2 is 1.89 bits per heavy atom. The van der Waals surface area contributed by atoms with Gasteiger partial charge in [-0.15, -0.1) is 0 Å². The number of halogens is 1. The normalized spacial score (nSPS) is 21.5. The van der Waals surface area contributed by atoms with Crippen molar-refractivity contribution in [1.29, 1.82) is 0 Å². The lowest BCUT2D eigenvalue weighted by Crippen LogP contribution is -2.25. The Kier molecular flexibility index (Phi) is 2.72. The molecule has 0 radical (unpaired) electrons. The summed E-state index contributed by atoms with van der Waals surface area (Å²) in [5, 5.41) is 11.1. The molecular weight excluding hydrogens is 239 g/mol. The van der Waals surface area contributed by atoms with Crippen LogP contribution in [0, 0.1) is 19.7 Å². The third-order valence-corrected chi connectivity index (χ3v) is 4.14. The molecule has 0 aliphatic heterocycles. The molecule has 2 aromatic carbocycles. The Bertz CT molecular complexity index is 648. The van der Waals surface area contributed by atoms with Crippen molar-refractivity contribution in [2.45, 2.75) is 32.3 Å². The second kappa shape index (κ2) is 4.17. The highest BCUT2D eigenvalue weighted by molar-refractivity contribution is 5.48. The first-order valence-corrected chi connectivity index (χ1v) is 6.60. The predicted octanol–water partition coefficient (Wildman–Crippen LogP) is 3.62. The summed E-state index contributed by atoms with van der Waals surface area (Å²) >= 11 is 0. The zero-order valence-electron chi connectivity index (χ0n) is 11.2. The number of aliphatic hydroxyl groups is 1. The summed E-state index contributed by atoms with van der Waals surface area (Å²) in [7, 11) is 0. The fourth-order valence-corrected chi connectivity index (χ4v) is 3.10. The summed E-state index contributed by atoms with van der Waals surface area (Å²) in [4.78, 5) is 0. The molecule has 0 saturated heterocycles. The van der Waals surface area contributed by atoms with Gasteiger partial charge in [-0.1, -0.05) is 35.9 Å². The van der Waals surface area contributed by atoms with E-state index >= 15 is 0 Å². The lowest BCUT2D eigenvalue weighted by molar-refractivity contribution is 0.0822. The molecule has 2 heteroatoms. The first kappa shape index (κ1) is 12.4. The maximum atomic E-state index is 13.8. The average Bonchev–Trinajstić information content (AvgIpc) is 2.73. The van der Waals surface area contributed by atoms with Gasteiger partial charge in [-0.25, -0.2) is 4.39 Å². The minimum Gasteiger partial charge on any atom is -0.380 e. The number of aryl methyl sites for hydroxylation is 2. The van der Waals surface area contributed by atoms with E-state index in [1.807, 2.05) is 38.1 Å². The third-order valence-electron chi connectivity index (χ3n) is 4.14. The highest BCUT2D eigenvalue weighted by atomic mass is 19.1. The Morgan fingerprint density at radius 1 is 1.11 bits per heavy atom. The molecule has 0 heterocycles. The molecule has 2 aromatic rings. The number of hydrogen-bond acceptors (Lipinski definition) is 1. The molecule has 0 fully saturated rings. The van der Waals surface area contributed by atoms with Gasteiger partial charge in [0.2, 0.25) is 0 Å². The van der Waals surface area contributed by atoms with Crippen LogP contribution in [-0.2, 0) is 12.0 Å². The number of hydrogen-bond donors (Lipinski definition) is 1. The van der Waals surface area contributed by atoms with E-state index in [1.54, 1.807) is 6.07 Å². The van der Waals surface area contributed by atoms with Crippen LogP contribution in [0.5, 0.6) is 0 Å². The standard InChI is InChI=1S/C17H17FO/c1-11-6-7-12(2)15(10-11)17(19)9-8-13-14(17)4-3-5-16(13)18/h3-7,10,19H,8-9H2,1-2H3. The lowest BCUT2D eigenvalue weighted by atomic mass is 9.84. The minimum atomic E-state index is -1.05. The van der Waals surface area contributed by atoms with E-state index in [2.05, 4.69) is 0 Å². The Morgan fingerprint density at radius 3 is 2.68 bits per heavy atom.